The molecule has 0 radical (unpaired) electrons. The van der Waals surface area contributed by atoms with E-state index in [9.17, 15) is 0 Å². The van der Waals surface area contributed by atoms with Crippen LogP contribution < -0.4 is 4.74 Å². The predicted molar refractivity (Wildman–Crippen MR) is 63.4 cm³/mol. The Morgan fingerprint density at radius 1 is 1.25 bits per heavy atom. The van der Waals surface area contributed by atoms with E-state index in [1.807, 2.05) is 41.3 Å². The maximum absolute atomic E-state index is 5.65. The Bertz CT molecular complexity index is 445. The summed E-state index contributed by atoms with van der Waals surface area (Å²) in [4.78, 5) is 0. The van der Waals surface area contributed by atoms with Gasteiger partial charge < -0.3 is 4.74 Å². The Hall–Kier alpha value is -1.77. The molecule has 0 N–H and O–H groups in total. The molecule has 0 atom stereocenters. The number of rotatable bonds is 4. The van der Waals surface area contributed by atoms with Crippen molar-refractivity contribution >= 4 is 0 Å². The second kappa shape index (κ2) is 4.84. The minimum Gasteiger partial charge on any atom is -0.489 e. The van der Waals surface area contributed by atoms with Crippen molar-refractivity contribution in [2.75, 3.05) is 0 Å². The van der Waals surface area contributed by atoms with E-state index in [1.54, 1.807) is 0 Å². The van der Waals surface area contributed by atoms with Crippen molar-refractivity contribution in [2.45, 2.75) is 27.0 Å². The molecule has 16 heavy (non-hydrogen) atoms. The molecule has 0 fully saturated rings. The normalized spacial score (nSPS) is 10.4. The van der Waals surface area contributed by atoms with Gasteiger partial charge in [0.1, 0.15) is 12.4 Å². The molecule has 0 aliphatic rings. The van der Waals surface area contributed by atoms with E-state index in [4.69, 9.17) is 4.74 Å². The largest absolute Gasteiger partial charge is 0.489 e. The van der Waals surface area contributed by atoms with E-state index in [2.05, 4.69) is 18.9 Å². The van der Waals surface area contributed by atoms with E-state index in [0.29, 0.717) is 6.61 Å². The monoisotopic (exact) mass is 216 g/mol. The average Bonchev–Trinajstić information content (AvgIpc) is 2.76. The van der Waals surface area contributed by atoms with Crippen LogP contribution in [-0.2, 0) is 13.2 Å². The van der Waals surface area contributed by atoms with Crippen molar-refractivity contribution in [3.05, 3.63) is 47.8 Å². The summed E-state index contributed by atoms with van der Waals surface area (Å²) in [5.74, 6) is 0.898. The van der Waals surface area contributed by atoms with E-state index in [1.165, 1.54) is 5.56 Å². The summed E-state index contributed by atoms with van der Waals surface area (Å²) in [6.07, 6.45) is 3.85. The summed E-state index contributed by atoms with van der Waals surface area (Å²) in [5.41, 5.74) is 2.34. The predicted octanol–water partition coefficient (Wildman–Crippen LogP) is 2.79. The standard InChI is InChI=1S/C13H16N2O/c1-3-15-9-12(8-14-15)10-16-13-6-4-11(2)5-7-13/h4-9H,3,10H2,1-2H3. The van der Waals surface area contributed by atoms with Gasteiger partial charge in [-0.3, -0.25) is 4.68 Å². The van der Waals surface area contributed by atoms with Crippen LogP contribution in [0.15, 0.2) is 36.7 Å². The van der Waals surface area contributed by atoms with Crippen LogP contribution in [0.3, 0.4) is 0 Å². The summed E-state index contributed by atoms with van der Waals surface area (Å²) in [5, 5.41) is 4.20. The molecule has 1 aromatic heterocycles. The minimum atomic E-state index is 0.572. The van der Waals surface area contributed by atoms with Crippen LogP contribution >= 0.6 is 0 Å². The van der Waals surface area contributed by atoms with Crippen molar-refractivity contribution in [3.63, 3.8) is 0 Å². The van der Waals surface area contributed by atoms with Gasteiger partial charge in [-0.25, -0.2) is 0 Å². The molecule has 2 aromatic rings. The third-order valence-corrected chi connectivity index (χ3v) is 2.44. The highest BCUT2D eigenvalue weighted by Gasteiger charge is 1.98. The Balaban J connectivity index is 1.94. The second-order valence-electron chi connectivity index (χ2n) is 3.81. The first-order valence-electron chi connectivity index (χ1n) is 5.48. The van der Waals surface area contributed by atoms with Gasteiger partial charge in [-0.05, 0) is 26.0 Å². The molecule has 0 saturated heterocycles. The fraction of sp³-hybridized carbons (Fsp3) is 0.308. The van der Waals surface area contributed by atoms with Crippen LogP contribution in [0.25, 0.3) is 0 Å². The Kier molecular flexibility index (Phi) is 3.25. The van der Waals surface area contributed by atoms with Crippen LogP contribution in [-0.4, -0.2) is 9.78 Å². The molecular formula is C13H16N2O. The minimum absolute atomic E-state index is 0.572. The maximum Gasteiger partial charge on any atom is 0.119 e. The number of benzene rings is 1. The van der Waals surface area contributed by atoms with Crippen molar-refractivity contribution in [2.24, 2.45) is 0 Å². The molecule has 3 heteroatoms. The summed E-state index contributed by atoms with van der Waals surface area (Å²) in [6.45, 7) is 5.60. The van der Waals surface area contributed by atoms with Gasteiger partial charge in [-0.2, -0.15) is 5.10 Å². The van der Waals surface area contributed by atoms with Crippen LogP contribution in [0.2, 0.25) is 0 Å². The molecular weight excluding hydrogens is 200 g/mol. The maximum atomic E-state index is 5.65. The van der Waals surface area contributed by atoms with Crippen LogP contribution in [0.5, 0.6) is 5.75 Å². The highest BCUT2D eigenvalue weighted by molar-refractivity contribution is 5.26. The summed E-state index contributed by atoms with van der Waals surface area (Å²) in [6, 6.07) is 8.06. The van der Waals surface area contributed by atoms with Gasteiger partial charge in [0.05, 0.1) is 6.20 Å². The highest BCUT2D eigenvalue weighted by atomic mass is 16.5. The fourth-order valence-corrected chi connectivity index (χ4v) is 1.46. The molecule has 2 rings (SSSR count). The Morgan fingerprint density at radius 3 is 2.62 bits per heavy atom. The lowest BCUT2D eigenvalue weighted by Crippen LogP contribution is -1.95. The molecule has 1 heterocycles. The number of hydrogen-bond acceptors (Lipinski definition) is 2. The molecule has 0 bridgehead atoms. The molecule has 0 saturated carbocycles. The highest BCUT2D eigenvalue weighted by Crippen LogP contribution is 2.13. The van der Waals surface area contributed by atoms with Crippen molar-refractivity contribution in [3.8, 4) is 5.75 Å². The molecule has 1 aromatic carbocycles. The number of hydrogen-bond donors (Lipinski definition) is 0. The lowest BCUT2D eigenvalue weighted by Gasteiger charge is -2.04. The second-order valence-corrected chi connectivity index (χ2v) is 3.81. The number of nitrogens with zero attached hydrogens (tertiary/aromatic N) is 2. The van der Waals surface area contributed by atoms with Crippen molar-refractivity contribution in [1.29, 1.82) is 0 Å². The number of ether oxygens (including phenoxy) is 1. The quantitative estimate of drug-likeness (QED) is 0.785. The van der Waals surface area contributed by atoms with Gasteiger partial charge in [0.2, 0.25) is 0 Å². The van der Waals surface area contributed by atoms with E-state index >= 15 is 0 Å². The van der Waals surface area contributed by atoms with Gasteiger partial charge in [0.25, 0.3) is 0 Å². The van der Waals surface area contributed by atoms with Gasteiger partial charge in [0, 0.05) is 18.3 Å². The zero-order valence-electron chi connectivity index (χ0n) is 9.68. The summed E-state index contributed by atoms with van der Waals surface area (Å²) >= 11 is 0. The number of aryl methyl sites for hydroxylation is 2. The average molecular weight is 216 g/mol. The van der Waals surface area contributed by atoms with E-state index in [0.717, 1.165) is 17.9 Å². The molecule has 0 aliphatic heterocycles. The lowest BCUT2D eigenvalue weighted by molar-refractivity contribution is 0.306. The first-order chi connectivity index (χ1) is 7.78. The van der Waals surface area contributed by atoms with E-state index in [-0.39, 0.29) is 0 Å². The van der Waals surface area contributed by atoms with Gasteiger partial charge in [-0.1, -0.05) is 17.7 Å². The van der Waals surface area contributed by atoms with Crippen molar-refractivity contribution in [1.82, 2.24) is 9.78 Å². The molecule has 0 aliphatic carbocycles. The van der Waals surface area contributed by atoms with Crippen LogP contribution in [0, 0.1) is 6.92 Å². The zero-order valence-corrected chi connectivity index (χ0v) is 9.68. The van der Waals surface area contributed by atoms with E-state index < -0.39 is 0 Å². The van der Waals surface area contributed by atoms with Crippen molar-refractivity contribution < 1.29 is 4.74 Å². The van der Waals surface area contributed by atoms with Gasteiger partial charge in [0.15, 0.2) is 0 Å². The molecule has 0 amide bonds. The fourth-order valence-electron chi connectivity index (χ4n) is 1.46. The molecule has 0 spiro atoms. The van der Waals surface area contributed by atoms with Gasteiger partial charge >= 0.3 is 0 Å². The summed E-state index contributed by atoms with van der Waals surface area (Å²) in [7, 11) is 0. The third kappa shape index (κ3) is 2.63. The lowest BCUT2D eigenvalue weighted by atomic mass is 10.2. The zero-order chi connectivity index (χ0) is 11.4. The Morgan fingerprint density at radius 2 is 2.00 bits per heavy atom. The van der Waals surface area contributed by atoms with Crippen LogP contribution in [0.1, 0.15) is 18.1 Å². The van der Waals surface area contributed by atoms with Crippen LogP contribution in [0.4, 0.5) is 0 Å². The smallest absolute Gasteiger partial charge is 0.119 e. The molecule has 3 nitrogen and oxygen atoms in total. The molecule has 0 unspecified atom stereocenters. The first kappa shape index (κ1) is 10.7. The topological polar surface area (TPSA) is 27.1 Å². The third-order valence-electron chi connectivity index (χ3n) is 2.44. The summed E-state index contributed by atoms with van der Waals surface area (Å²) < 4.78 is 7.55. The number of aromatic nitrogens is 2. The van der Waals surface area contributed by atoms with Gasteiger partial charge in [-0.15, -0.1) is 0 Å². The molecule has 84 valence electrons. The SMILES string of the molecule is CCn1cc(COc2ccc(C)cc2)cn1. The first-order valence-corrected chi connectivity index (χ1v) is 5.48. The Labute approximate surface area is 95.7 Å².